The van der Waals surface area contributed by atoms with E-state index in [9.17, 15) is 10.1 Å². The number of nitrogens with zero attached hydrogens (tertiary/aromatic N) is 2. The lowest BCUT2D eigenvalue weighted by molar-refractivity contribution is -0.383. The summed E-state index contributed by atoms with van der Waals surface area (Å²) in [7, 11) is 0. The van der Waals surface area contributed by atoms with Crippen molar-refractivity contribution < 1.29 is 10.1 Å². The number of nitro benzene ring substituents is 1. The largest absolute Gasteiger partial charge is 0.393 e. The fourth-order valence-corrected chi connectivity index (χ4v) is 1.39. The summed E-state index contributed by atoms with van der Waals surface area (Å²) in [5.41, 5.74) is 8.34. The second kappa shape index (κ2) is 3.28. The molecular weight excluding hydrogens is 200 g/mol. The molecule has 7 nitrogen and oxygen atoms in total. The predicted octanol–water partition coefficient (Wildman–Crippen LogP) is 0.798. The summed E-state index contributed by atoms with van der Waals surface area (Å²) >= 11 is 0. The Bertz CT molecular complexity index is 417. The normalized spacial score (nSPS) is 13.8. The number of nitrogens with two attached hydrogens (primary N) is 1. The van der Waals surface area contributed by atoms with Crippen LogP contribution >= 0.6 is 0 Å². The molecule has 1 aromatic rings. The minimum Gasteiger partial charge on any atom is -0.393 e. The van der Waals surface area contributed by atoms with Gasteiger partial charge in [0.2, 0.25) is 0 Å². The van der Waals surface area contributed by atoms with Crippen molar-refractivity contribution in [2.24, 2.45) is 0 Å². The van der Waals surface area contributed by atoms with Gasteiger partial charge in [0.05, 0.1) is 16.3 Å². The summed E-state index contributed by atoms with van der Waals surface area (Å²) in [6.45, 7) is 1.73. The van der Waals surface area contributed by atoms with Crippen molar-refractivity contribution in [2.75, 3.05) is 29.2 Å². The van der Waals surface area contributed by atoms with E-state index in [1.807, 2.05) is 10.4 Å². The maximum absolute atomic E-state index is 10.6. The smallest absolute Gasteiger partial charge is 0.294 e. The average molecular weight is 210 g/mol. The minimum atomic E-state index is -0.581. The van der Waals surface area contributed by atoms with Crippen LogP contribution in [0.25, 0.3) is 0 Å². The maximum atomic E-state index is 10.6. The number of hydrogen-bond acceptors (Lipinski definition) is 6. The van der Waals surface area contributed by atoms with E-state index in [2.05, 4.69) is 0 Å². The molecule has 7 heteroatoms. The van der Waals surface area contributed by atoms with E-state index in [-0.39, 0.29) is 11.4 Å². The Morgan fingerprint density at radius 3 is 2.67 bits per heavy atom. The molecule has 4 N–H and O–H groups in total. The summed E-state index contributed by atoms with van der Waals surface area (Å²) in [5, 5.41) is 19.4. The molecule has 0 aromatic heterocycles. The third-order valence-electron chi connectivity index (χ3n) is 2.25. The molecule has 1 fully saturated rings. The van der Waals surface area contributed by atoms with Crippen LogP contribution in [0, 0.1) is 10.1 Å². The van der Waals surface area contributed by atoms with Gasteiger partial charge in [-0.1, -0.05) is 0 Å². The number of benzene rings is 1. The first kappa shape index (κ1) is 9.53. The summed E-state index contributed by atoms with van der Waals surface area (Å²) in [6.07, 6.45) is 0. The molecule has 0 unspecified atom stereocenters. The molecule has 1 heterocycles. The second-order valence-electron chi connectivity index (χ2n) is 3.28. The van der Waals surface area contributed by atoms with Crippen molar-refractivity contribution in [3.8, 4) is 0 Å². The highest BCUT2D eigenvalue weighted by molar-refractivity contribution is 5.81. The second-order valence-corrected chi connectivity index (χ2v) is 3.28. The predicted molar refractivity (Wildman–Crippen MR) is 55.1 cm³/mol. The molecule has 1 aliphatic rings. The van der Waals surface area contributed by atoms with Crippen molar-refractivity contribution in [1.29, 1.82) is 0 Å². The lowest BCUT2D eigenvalue weighted by atomic mass is 10.2. The van der Waals surface area contributed by atoms with Crippen molar-refractivity contribution in [1.82, 2.24) is 0 Å². The topological polar surface area (TPSA) is 104 Å². The van der Waals surface area contributed by atoms with Gasteiger partial charge < -0.3 is 10.6 Å². The van der Waals surface area contributed by atoms with Crippen molar-refractivity contribution >= 4 is 22.7 Å². The molecule has 0 aliphatic carbocycles. The van der Waals surface area contributed by atoms with E-state index in [1.54, 1.807) is 0 Å². The van der Waals surface area contributed by atoms with Gasteiger partial charge in [-0.05, 0) is 6.07 Å². The fraction of sp³-hybridized carbons (Fsp3) is 0.250. The van der Waals surface area contributed by atoms with Gasteiger partial charge in [0.25, 0.3) is 5.69 Å². The number of nitro groups is 1. The van der Waals surface area contributed by atoms with Crippen LogP contribution < -0.4 is 16.1 Å². The molecule has 0 saturated carbocycles. The molecule has 0 bridgehead atoms. The highest BCUT2D eigenvalue weighted by Gasteiger charge is 2.24. The molecule has 0 spiro atoms. The molecule has 1 aliphatic heterocycles. The first-order valence-electron chi connectivity index (χ1n) is 4.36. The standard InChI is InChI=1S/C8H10N4O3/c9-5-3-8(11-1-2-11)6(10-13)4-7(5)12(14)15/h3-4,10,13H,1-2,9H2. The molecule has 15 heavy (non-hydrogen) atoms. The third kappa shape index (κ3) is 1.64. The van der Waals surface area contributed by atoms with Crippen LogP contribution in [0.15, 0.2) is 12.1 Å². The monoisotopic (exact) mass is 210 g/mol. The van der Waals surface area contributed by atoms with E-state index in [0.29, 0.717) is 11.4 Å². The van der Waals surface area contributed by atoms with Crippen molar-refractivity contribution in [2.45, 2.75) is 0 Å². The summed E-state index contributed by atoms with van der Waals surface area (Å²) in [6, 6.07) is 2.71. The van der Waals surface area contributed by atoms with E-state index in [4.69, 9.17) is 10.9 Å². The van der Waals surface area contributed by atoms with Crippen LogP contribution in [0.1, 0.15) is 0 Å². The summed E-state index contributed by atoms with van der Waals surface area (Å²) in [5.74, 6) is 0. The third-order valence-corrected chi connectivity index (χ3v) is 2.25. The molecule has 0 atom stereocenters. The van der Waals surface area contributed by atoms with Gasteiger partial charge in [-0.3, -0.25) is 20.8 Å². The van der Waals surface area contributed by atoms with Gasteiger partial charge in [0, 0.05) is 19.2 Å². The molecule has 80 valence electrons. The van der Waals surface area contributed by atoms with E-state index in [1.165, 1.54) is 12.1 Å². The van der Waals surface area contributed by atoms with Crippen molar-refractivity contribution in [3.63, 3.8) is 0 Å². The summed E-state index contributed by atoms with van der Waals surface area (Å²) in [4.78, 5) is 11.9. The van der Waals surface area contributed by atoms with Gasteiger partial charge in [0.15, 0.2) is 0 Å². The van der Waals surface area contributed by atoms with E-state index in [0.717, 1.165) is 13.1 Å². The SMILES string of the molecule is Nc1cc(N2CC2)c(NO)cc1[N+](=O)[O-]. The Labute approximate surface area is 85.2 Å². The Hall–Kier alpha value is -2.02. The Balaban J connectivity index is 2.49. The lowest BCUT2D eigenvalue weighted by Crippen LogP contribution is -2.03. The van der Waals surface area contributed by atoms with Crippen LogP contribution in [0.5, 0.6) is 0 Å². The molecular formula is C8H10N4O3. The molecule has 1 aromatic carbocycles. The zero-order valence-electron chi connectivity index (χ0n) is 7.80. The molecule has 0 radical (unpaired) electrons. The zero-order chi connectivity index (χ0) is 11.0. The average Bonchev–Trinajstić information content (AvgIpc) is 3.00. The van der Waals surface area contributed by atoms with Gasteiger partial charge >= 0.3 is 0 Å². The highest BCUT2D eigenvalue weighted by Crippen LogP contribution is 2.37. The fourth-order valence-electron chi connectivity index (χ4n) is 1.39. The van der Waals surface area contributed by atoms with Gasteiger partial charge in [0.1, 0.15) is 5.69 Å². The van der Waals surface area contributed by atoms with Crippen molar-refractivity contribution in [3.05, 3.63) is 22.2 Å². The van der Waals surface area contributed by atoms with Crippen LogP contribution in [0.4, 0.5) is 22.7 Å². The number of nitrogen functional groups attached to an aromatic ring is 1. The summed E-state index contributed by atoms with van der Waals surface area (Å²) < 4.78 is 0. The number of nitrogens with one attached hydrogen (secondary N) is 1. The van der Waals surface area contributed by atoms with Gasteiger partial charge in [-0.15, -0.1) is 0 Å². The van der Waals surface area contributed by atoms with Crippen LogP contribution in [0.3, 0.4) is 0 Å². The molecule has 0 amide bonds. The number of hydrogen-bond donors (Lipinski definition) is 3. The highest BCUT2D eigenvalue weighted by atomic mass is 16.6. The van der Waals surface area contributed by atoms with Gasteiger partial charge in [-0.2, -0.15) is 0 Å². The molecule has 2 rings (SSSR count). The lowest BCUT2D eigenvalue weighted by Gasteiger charge is -2.10. The van der Waals surface area contributed by atoms with Crippen LogP contribution in [0.2, 0.25) is 0 Å². The number of anilines is 3. The minimum absolute atomic E-state index is 0.0981. The van der Waals surface area contributed by atoms with Gasteiger partial charge in [-0.25, -0.2) is 0 Å². The quantitative estimate of drug-likeness (QED) is 0.295. The Morgan fingerprint density at radius 2 is 2.20 bits per heavy atom. The molecule has 1 saturated heterocycles. The first-order chi connectivity index (χ1) is 7.13. The Morgan fingerprint density at radius 1 is 1.53 bits per heavy atom. The Kier molecular flexibility index (Phi) is 2.09. The van der Waals surface area contributed by atoms with E-state index >= 15 is 0 Å². The van der Waals surface area contributed by atoms with Crippen LogP contribution in [-0.4, -0.2) is 23.2 Å². The maximum Gasteiger partial charge on any atom is 0.294 e. The van der Waals surface area contributed by atoms with Crippen LogP contribution in [-0.2, 0) is 0 Å². The first-order valence-corrected chi connectivity index (χ1v) is 4.36. The zero-order valence-corrected chi connectivity index (χ0v) is 7.80. The van der Waals surface area contributed by atoms with E-state index < -0.39 is 4.92 Å². The number of rotatable bonds is 3.